The van der Waals surface area contributed by atoms with Gasteiger partial charge in [0.05, 0.1) is 0 Å². The summed E-state index contributed by atoms with van der Waals surface area (Å²) < 4.78 is 0. The van der Waals surface area contributed by atoms with E-state index in [-0.39, 0.29) is 0 Å². The van der Waals surface area contributed by atoms with Gasteiger partial charge in [0.15, 0.2) is 0 Å². The molecule has 54 valence electrons. The molecule has 0 spiro atoms. The molecular formula is C11H10. The first-order valence-corrected chi connectivity index (χ1v) is 3.96. The highest BCUT2D eigenvalue weighted by atomic mass is 14.0. The van der Waals surface area contributed by atoms with E-state index in [0.717, 1.165) is 12.8 Å². The molecule has 0 heteroatoms. The van der Waals surface area contributed by atoms with Crippen molar-refractivity contribution < 1.29 is 0 Å². The predicted octanol–water partition coefficient (Wildman–Crippen LogP) is 2.80. The molecule has 0 saturated heterocycles. The summed E-state index contributed by atoms with van der Waals surface area (Å²) >= 11 is 0. The van der Waals surface area contributed by atoms with Gasteiger partial charge in [0, 0.05) is 0 Å². The van der Waals surface area contributed by atoms with Crippen LogP contribution in [-0.4, -0.2) is 0 Å². The van der Waals surface area contributed by atoms with Crippen molar-refractivity contribution in [2.24, 2.45) is 0 Å². The second-order valence-corrected chi connectivity index (χ2v) is 2.75. The molecule has 0 radical (unpaired) electrons. The lowest BCUT2D eigenvalue weighted by molar-refractivity contribution is 1.00. The van der Waals surface area contributed by atoms with E-state index in [1.807, 2.05) is 0 Å². The van der Waals surface area contributed by atoms with Crippen LogP contribution in [0.25, 0.3) is 6.08 Å². The molecular weight excluding hydrogens is 132 g/mol. The molecule has 2 rings (SSSR count). The molecule has 0 nitrogen and oxygen atoms in total. The number of aryl methyl sites for hydroxylation is 1. The minimum absolute atomic E-state index is 1.12. The first-order valence-electron chi connectivity index (χ1n) is 3.96. The van der Waals surface area contributed by atoms with Gasteiger partial charge < -0.3 is 0 Å². The average Bonchev–Trinajstić information content (AvgIpc) is 2.28. The topological polar surface area (TPSA) is 0 Å². The summed E-state index contributed by atoms with van der Waals surface area (Å²) in [5, 5.41) is 0. The number of allylic oxidation sites excluding steroid dienone is 1. The Morgan fingerprint density at radius 3 is 3.09 bits per heavy atom. The van der Waals surface area contributed by atoms with E-state index in [1.165, 1.54) is 11.1 Å². The summed E-state index contributed by atoms with van der Waals surface area (Å²) in [5.41, 5.74) is 5.91. The lowest BCUT2D eigenvalue weighted by Crippen LogP contribution is -1.85. The molecule has 1 aliphatic carbocycles. The maximum Gasteiger partial charge on any atom is -0.0128 e. The Morgan fingerprint density at radius 1 is 1.18 bits per heavy atom. The molecule has 0 heterocycles. The Kier molecular flexibility index (Phi) is 1.63. The van der Waals surface area contributed by atoms with Crippen LogP contribution in [0.3, 0.4) is 0 Å². The van der Waals surface area contributed by atoms with E-state index >= 15 is 0 Å². The number of benzene rings is 1. The molecule has 0 aliphatic heterocycles. The molecule has 1 aromatic carbocycles. The van der Waals surface area contributed by atoms with Gasteiger partial charge in [-0.15, -0.1) is 5.73 Å². The first kappa shape index (κ1) is 6.45. The Labute approximate surface area is 66.9 Å². The quantitative estimate of drug-likeness (QED) is 0.488. The third-order valence-corrected chi connectivity index (χ3v) is 1.97. The Morgan fingerprint density at radius 2 is 2.09 bits per heavy atom. The summed E-state index contributed by atoms with van der Waals surface area (Å²) in [4.78, 5) is 0. The SMILES string of the molecule is C1=CCCc2ccccc2C=1. The largest absolute Gasteiger partial charge is 0.125 e. The van der Waals surface area contributed by atoms with Crippen molar-refractivity contribution in [1.82, 2.24) is 0 Å². The van der Waals surface area contributed by atoms with Crippen LogP contribution in [-0.2, 0) is 6.42 Å². The second kappa shape index (κ2) is 2.77. The molecule has 0 amide bonds. The highest BCUT2D eigenvalue weighted by molar-refractivity contribution is 5.54. The van der Waals surface area contributed by atoms with Gasteiger partial charge >= 0.3 is 0 Å². The van der Waals surface area contributed by atoms with E-state index < -0.39 is 0 Å². The van der Waals surface area contributed by atoms with Crippen molar-refractivity contribution >= 4 is 6.08 Å². The molecule has 11 heavy (non-hydrogen) atoms. The molecule has 0 bridgehead atoms. The molecule has 0 saturated carbocycles. The molecule has 1 aromatic rings. The number of fused-ring (bicyclic) bond motifs is 1. The summed E-state index contributed by atoms with van der Waals surface area (Å²) in [6.45, 7) is 0. The number of rotatable bonds is 0. The number of hydrogen-bond donors (Lipinski definition) is 0. The fraction of sp³-hybridized carbons (Fsp3) is 0.182. The van der Waals surface area contributed by atoms with Crippen molar-refractivity contribution in [2.75, 3.05) is 0 Å². The molecule has 1 aliphatic rings. The minimum Gasteiger partial charge on any atom is -0.125 e. The monoisotopic (exact) mass is 142 g/mol. The maximum absolute atomic E-state index is 3.15. The van der Waals surface area contributed by atoms with E-state index in [9.17, 15) is 0 Å². The van der Waals surface area contributed by atoms with Gasteiger partial charge in [0.2, 0.25) is 0 Å². The van der Waals surface area contributed by atoms with Gasteiger partial charge in [-0.3, -0.25) is 0 Å². The van der Waals surface area contributed by atoms with E-state index in [1.54, 1.807) is 0 Å². The van der Waals surface area contributed by atoms with Crippen LogP contribution in [0.1, 0.15) is 17.5 Å². The molecule has 0 fully saturated rings. The van der Waals surface area contributed by atoms with Gasteiger partial charge in [-0.25, -0.2) is 0 Å². The van der Waals surface area contributed by atoms with Crippen LogP contribution in [0, 0.1) is 0 Å². The summed E-state index contributed by atoms with van der Waals surface area (Å²) in [6.07, 6.45) is 6.43. The highest BCUT2D eigenvalue weighted by Gasteiger charge is 1.98. The maximum atomic E-state index is 3.15. The summed E-state index contributed by atoms with van der Waals surface area (Å²) in [6, 6.07) is 8.49. The summed E-state index contributed by atoms with van der Waals surface area (Å²) in [7, 11) is 0. The van der Waals surface area contributed by atoms with Crippen LogP contribution < -0.4 is 0 Å². The van der Waals surface area contributed by atoms with Crippen LogP contribution >= 0.6 is 0 Å². The van der Waals surface area contributed by atoms with Crippen molar-refractivity contribution in [3.63, 3.8) is 0 Å². The van der Waals surface area contributed by atoms with Crippen molar-refractivity contribution in [2.45, 2.75) is 12.8 Å². The standard InChI is InChI=1S/C11H10/c1-2-6-10-8-4-5-9-11(10)7-3-1/h1,4-5,7-9H,2,6H2. The third kappa shape index (κ3) is 1.26. The van der Waals surface area contributed by atoms with Gasteiger partial charge in [-0.1, -0.05) is 24.3 Å². The Bertz CT molecular complexity index is 315. The molecule has 0 aromatic heterocycles. The lowest BCUT2D eigenvalue weighted by Gasteiger charge is -2.00. The minimum atomic E-state index is 1.12. The zero-order valence-electron chi connectivity index (χ0n) is 6.38. The average molecular weight is 142 g/mol. The van der Waals surface area contributed by atoms with E-state index in [2.05, 4.69) is 42.1 Å². The van der Waals surface area contributed by atoms with Gasteiger partial charge in [0.1, 0.15) is 0 Å². The first-order chi connectivity index (χ1) is 5.47. The Balaban J connectivity index is 2.55. The van der Waals surface area contributed by atoms with Crippen molar-refractivity contribution in [1.29, 1.82) is 0 Å². The fourth-order valence-corrected chi connectivity index (χ4v) is 1.36. The van der Waals surface area contributed by atoms with Crippen LogP contribution in [0.5, 0.6) is 0 Å². The van der Waals surface area contributed by atoms with Gasteiger partial charge in [-0.2, -0.15) is 0 Å². The normalized spacial score (nSPS) is 14.2. The van der Waals surface area contributed by atoms with Crippen molar-refractivity contribution in [3.8, 4) is 0 Å². The van der Waals surface area contributed by atoms with Crippen LogP contribution in [0.15, 0.2) is 36.1 Å². The summed E-state index contributed by atoms with van der Waals surface area (Å²) in [5.74, 6) is 0. The highest BCUT2D eigenvalue weighted by Crippen LogP contribution is 2.14. The zero-order chi connectivity index (χ0) is 7.52. The smallest absolute Gasteiger partial charge is 0.0128 e. The molecule has 0 unspecified atom stereocenters. The zero-order valence-corrected chi connectivity index (χ0v) is 6.38. The lowest BCUT2D eigenvalue weighted by atomic mass is 10.0. The van der Waals surface area contributed by atoms with Crippen LogP contribution in [0.4, 0.5) is 0 Å². The third-order valence-electron chi connectivity index (χ3n) is 1.97. The Hall–Kier alpha value is -1.26. The van der Waals surface area contributed by atoms with E-state index in [4.69, 9.17) is 0 Å². The molecule has 0 N–H and O–H groups in total. The second-order valence-electron chi connectivity index (χ2n) is 2.75. The van der Waals surface area contributed by atoms with Gasteiger partial charge in [-0.05, 0) is 36.1 Å². The number of hydrogen-bond acceptors (Lipinski definition) is 0. The van der Waals surface area contributed by atoms with Crippen molar-refractivity contribution in [3.05, 3.63) is 47.2 Å². The van der Waals surface area contributed by atoms with Crippen LogP contribution in [0.2, 0.25) is 0 Å². The molecule has 0 atom stereocenters. The van der Waals surface area contributed by atoms with Gasteiger partial charge in [0.25, 0.3) is 0 Å². The fourth-order valence-electron chi connectivity index (χ4n) is 1.36. The predicted molar refractivity (Wildman–Crippen MR) is 47.3 cm³/mol. The van der Waals surface area contributed by atoms with E-state index in [0.29, 0.717) is 0 Å².